The van der Waals surface area contributed by atoms with Crippen molar-refractivity contribution in [3.63, 3.8) is 0 Å². The van der Waals surface area contributed by atoms with E-state index in [4.69, 9.17) is 0 Å². The molecule has 2 aromatic heterocycles. The number of halogens is 3. The Morgan fingerprint density at radius 1 is 1.05 bits per heavy atom. The van der Waals surface area contributed by atoms with Crippen molar-refractivity contribution in [3.8, 4) is 11.3 Å². The lowest BCUT2D eigenvalue weighted by molar-refractivity contribution is -0.118. The summed E-state index contributed by atoms with van der Waals surface area (Å²) >= 11 is 0. The monoisotopic (exact) mass is 559 g/mol. The van der Waals surface area contributed by atoms with Crippen LogP contribution in [-0.2, 0) is 4.79 Å². The molecule has 2 aliphatic rings. The maximum atomic E-state index is 13.4. The number of amides is 2. The minimum atomic E-state index is -2.74. The van der Waals surface area contributed by atoms with Gasteiger partial charge in [0.2, 0.25) is 12.3 Å². The van der Waals surface area contributed by atoms with Crippen LogP contribution < -0.4 is 16.0 Å². The van der Waals surface area contributed by atoms with Crippen LogP contribution in [0.5, 0.6) is 0 Å². The number of hydrogen-bond acceptors (Lipinski definition) is 4. The summed E-state index contributed by atoms with van der Waals surface area (Å²) in [5.74, 6) is -2.22. The Labute approximate surface area is 234 Å². The summed E-state index contributed by atoms with van der Waals surface area (Å²) in [7, 11) is 0. The first kappa shape index (κ1) is 26.6. The van der Waals surface area contributed by atoms with Crippen molar-refractivity contribution in [1.29, 1.82) is 0 Å². The van der Waals surface area contributed by atoms with Gasteiger partial charge in [0.15, 0.2) is 0 Å². The second-order valence-corrected chi connectivity index (χ2v) is 10.4. The predicted octanol–water partition coefficient (Wildman–Crippen LogP) is 6.72. The van der Waals surface area contributed by atoms with Crippen LogP contribution in [-0.4, -0.2) is 34.2 Å². The average molecular weight is 560 g/mol. The minimum Gasteiger partial charge on any atom is -0.356 e. The van der Waals surface area contributed by atoms with Crippen molar-refractivity contribution < 1.29 is 22.8 Å². The molecule has 1 aliphatic carbocycles. The summed E-state index contributed by atoms with van der Waals surface area (Å²) < 4.78 is 40.2. The maximum Gasteiger partial charge on any atom is 0.255 e. The number of rotatable bonds is 8. The van der Waals surface area contributed by atoms with Gasteiger partial charge in [-0.15, -0.1) is 0 Å². The first-order valence-corrected chi connectivity index (χ1v) is 13.6. The number of carbonyl (C=O) groups is 2. The van der Waals surface area contributed by atoms with Gasteiger partial charge in [-0.25, -0.2) is 18.2 Å². The molecule has 2 aromatic carbocycles. The lowest BCUT2D eigenvalue weighted by atomic mass is 9.91. The normalized spacial score (nSPS) is 18.4. The van der Waals surface area contributed by atoms with Gasteiger partial charge in [-0.2, -0.15) is 0 Å². The molecule has 4 aromatic rings. The van der Waals surface area contributed by atoms with E-state index in [0.717, 1.165) is 42.8 Å². The molecule has 1 saturated carbocycles. The molecule has 1 fully saturated rings. The van der Waals surface area contributed by atoms with E-state index in [1.54, 1.807) is 12.1 Å². The molecular formula is C31H28F3N5O2. The van der Waals surface area contributed by atoms with Crippen LogP contribution in [0.4, 0.5) is 30.4 Å². The quantitative estimate of drug-likeness (QED) is 0.193. The Kier molecular flexibility index (Phi) is 7.21. The summed E-state index contributed by atoms with van der Waals surface area (Å²) in [5, 5.41) is 9.22. The van der Waals surface area contributed by atoms with Crippen LogP contribution in [0.2, 0.25) is 0 Å². The van der Waals surface area contributed by atoms with Gasteiger partial charge in [0, 0.05) is 41.5 Å². The molecule has 41 heavy (non-hydrogen) atoms. The number of H-pyrrole nitrogens is 1. The SMILES string of the molecule is O=C1NC2CCCC2c2[nH]c(-c3ccnc(NC(=O)[C@@H](CC(F)F)c4ccc(F)cc4)c3)c(Nc3ccccc3)c21. The third kappa shape index (κ3) is 5.41. The number of carbonyl (C=O) groups excluding carboxylic acids is 2. The topological polar surface area (TPSA) is 98.9 Å². The van der Waals surface area contributed by atoms with Crippen molar-refractivity contribution in [1.82, 2.24) is 15.3 Å². The van der Waals surface area contributed by atoms with Gasteiger partial charge in [0.05, 0.1) is 22.9 Å². The Morgan fingerprint density at radius 2 is 1.83 bits per heavy atom. The predicted molar refractivity (Wildman–Crippen MR) is 150 cm³/mol. The number of nitrogens with one attached hydrogen (secondary N) is 4. The molecule has 0 radical (unpaired) electrons. The molecular weight excluding hydrogens is 531 g/mol. The highest BCUT2D eigenvalue weighted by molar-refractivity contribution is 6.07. The van der Waals surface area contributed by atoms with Crippen molar-refractivity contribution in [2.45, 2.75) is 50.0 Å². The Morgan fingerprint density at radius 3 is 2.59 bits per heavy atom. The maximum absolute atomic E-state index is 13.4. The molecule has 3 atom stereocenters. The van der Waals surface area contributed by atoms with E-state index in [-0.39, 0.29) is 29.2 Å². The summed E-state index contributed by atoms with van der Waals surface area (Å²) in [4.78, 5) is 34.2. The number of fused-ring (bicyclic) bond motifs is 3. The summed E-state index contributed by atoms with van der Waals surface area (Å²) in [6.45, 7) is 0. The number of nitrogens with zero attached hydrogens (tertiary/aromatic N) is 1. The molecule has 210 valence electrons. The van der Waals surface area contributed by atoms with Gasteiger partial charge >= 0.3 is 0 Å². The third-order valence-electron chi connectivity index (χ3n) is 7.81. The number of benzene rings is 2. The lowest BCUT2D eigenvalue weighted by Crippen LogP contribution is -2.41. The number of alkyl halides is 2. The number of pyridine rings is 1. The Balaban J connectivity index is 1.35. The van der Waals surface area contributed by atoms with E-state index in [1.807, 2.05) is 30.3 Å². The average Bonchev–Trinajstić information content (AvgIpc) is 3.58. The lowest BCUT2D eigenvalue weighted by Gasteiger charge is -2.27. The highest BCUT2D eigenvalue weighted by atomic mass is 19.3. The zero-order valence-electron chi connectivity index (χ0n) is 22.0. The first-order chi connectivity index (χ1) is 19.9. The summed E-state index contributed by atoms with van der Waals surface area (Å²) in [6, 6.07) is 17.9. The first-order valence-electron chi connectivity index (χ1n) is 13.6. The summed E-state index contributed by atoms with van der Waals surface area (Å²) in [6.07, 6.45) is 0.945. The number of hydrogen-bond donors (Lipinski definition) is 4. The van der Waals surface area contributed by atoms with E-state index < -0.39 is 30.5 Å². The molecule has 2 amide bonds. The van der Waals surface area contributed by atoms with E-state index in [2.05, 4.69) is 25.9 Å². The van der Waals surface area contributed by atoms with E-state index in [9.17, 15) is 22.8 Å². The van der Waals surface area contributed by atoms with Gasteiger partial charge in [-0.3, -0.25) is 9.59 Å². The van der Waals surface area contributed by atoms with Crippen molar-refractivity contribution in [2.24, 2.45) is 0 Å². The van der Waals surface area contributed by atoms with Gasteiger partial charge < -0.3 is 20.9 Å². The van der Waals surface area contributed by atoms with Crippen LogP contribution in [0.25, 0.3) is 11.3 Å². The second kappa shape index (κ2) is 11.1. The standard InChI is InChI=1S/C31H28F3N5O2/c32-19-11-9-17(10-12-19)22(16-24(33)34)30(40)38-25-15-18(13-14-35-25)27-29(36-20-5-2-1-3-6-20)26-28(39-27)21-7-4-8-23(21)37-31(26)41/h1-3,5-6,9-15,21-24,36,39H,4,7-8,16H2,(H,37,41)(H,35,38,40)/t21?,22-,23?/m0/s1. The number of anilines is 3. The van der Waals surface area contributed by atoms with E-state index >= 15 is 0 Å². The minimum absolute atomic E-state index is 0.0802. The second-order valence-electron chi connectivity index (χ2n) is 10.4. The van der Waals surface area contributed by atoms with E-state index in [1.165, 1.54) is 18.3 Å². The van der Waals surface area contributed by atoms with Gasteiger partial charge in [0.1, 0.15) is 11.6 Å². The van der Waals surface area contributed by atoms with Gasteiger partial charge in [-0.1, -0.05) is 36.8 Å². The van der Waals surface area contributed by atoms with Crippen molar-refractivity contribution in [2.75, 3.05) is 10.6 Å². The fourth-order valence-electron chi connectivity index (χ4n) is 5.89. The highest BCUT2D eigenvalue weighted by Gasteiger charge is 2.40. The molecule has 3 heterocycles. The molecule has 2 unspecified atom stereocenters. The number of para-hydroxylation sites is 1. The largest absolute Gasteiger partial charge is 0.356 e. The molecule has 1 aliphatic heterocycles. The van der Waals surface area contributed by atoms with Crippen LogP contribution in [0.15, 0.2) is 72.9 Å². The van der Waals surface area contributed by atoms with Crippen LogP contribution in [0.1, 0.15) is 59.1 Å². The van der Waals surface area contributed by atoms with Crippen LogP contribution >= 0.6 is 0 Å². The molecule has 4 N–H and O–H groups in total. The third-order valence-corrected chi connectivity index (χ3v) is 7.81. The molecule has 0 bridgehead atoms. The van der Waals surface area contributed by atoms with Gasteiger partial charge in [-0.05, 0) is 54.8 Å². The molecule has 7 nitrogen and oxygen atoms in total. The fraction of sp³-hybridized carbons (Fsp3) is 0.258. The fourth-order valence-corrected chi connectivity index (χ4v) is 5.89. The zero-order valence-corrected chi connectivity index (χ0v) is 22.0. The van der Waals surface area contributed by atoms with E-state index in [0.29, 0.717) is 22.5 Å². The van der Waals surface area contributed by atoms with Gasteiger partial charge in [0.25, 0.3) is 5.91 Å². The molecule has 6 rings (SSSR count). The molecule has 10 heteroatoms. The Bertz CT molecular complexity index is 1570. The van der Waals surface area contributed by atoms with Crippen molar-refractivity contribution in [3.05, 3.63) is 95.6 Å². The van der Waals surface area contributed by atoms with Crippen LogP contribution in [0, 0.1) is 5.82 Å². The summed E-state index contributed by atoms with van der Waals surface area (Å²) in [5.41, 5.74) is 4.43. The molecule has 0 saturated heterocycles. The van der Waals surface area contributed by atoms with Crippen molar-refractivity contribution >= 4 is 29.0 Å². The zero-order chi connectivity index (χ0) is 28.5. The smallest absolute Gasteiger partial charge is 0.255 e. The number of aromatic amines is 1. The highest BCUT2D eigenvalue weighted by Crippen LogP contribution is 2.45. The number of aromatic nitrogens is 2. The van der Waals surface area contributed by atoms with Crippen LogP contribution in [0.3, 0.4) is 0 Å². The molecule has 0 spiro atoms. The Hall–Kier alpha value is -4.60.